The van der Waals surface area contributed by atoms with E-state index in [9.17, 15) is 14.4 Å². The molecule has 180 valence electrons. The Hall–Kier alpha value is -3.71. The molecular formula is C29H23BrN2O4. The molecule has 2 amide bonds. The molecular weight excluding hydrogens is 520 g/mol. The summed E-state index contributed by atoms with van der Waals surface area (Å²) in [5.74, 6) is -1.64. The number of aryl methyl sites for hydroxylation is 1. The van der Waals surface area contributed by atoms with Gasteiger partial charge in [0.15, 0.2) is 5.78 Å². The molecule has 3 aliphatic heterocycles. The smallest absolute Gasteiger partial charge is 0.240 e. The van der Waals surface area contributed by atoms with Gasteiger partial charge in [0.2, 0.25) is 11.8 Å². The van der Waals surface area contributed by atoms with E-state index in [2.05, 4.69) is 15.9 Å². The summed E-state index contributed by atoms with van der Waals surface area (Å²) in [7, 11) is 1.56. The number of methoxy groups -OCH3 is 1. The van der Waals surface area contributed by atoms with Crippen LogP contribution >= 0.6 is 15.9 Å². The molecule has 6 nitrogen and oxygen atoms in total. The second-order valence-electron chi connectivity index (χ2n) is 9.37. The van der Waals surface area contributed by atoms with E-state index < -0.39 is 23.9 Å². The average molecular weight is 543 g/mol. The summed E-state index contributed by atoms with van der Waals surface area (Å²) in [6, 6.07) is 19.0. The summed E-state index contributed by atoms with van der Waals surface area (Å²) in [5.41, 5.74) is 3.84. The number of halogens is 1. The van der Waals surface area contributed by atoms with Gasteiger partial charge in [0.25, 0.3) is 0 Å². The van der Waals surface area contributed by atoms with Crippen LogP contribution in [0.25, 0.3) is 6.08 Å². The summed E-state index contributed by atoms with van der Waals surface area (Å²) in [4.78, 5) is 45.1. The van der Waals surface area contributed by atoms with Crippen LogP contribution in [0.15, 0.2) is 77.3 Å². The zero-order valence-corrected chi connectivity index (χ0v) is 21.3. The number of imide groups is 1. The van der Waals surface area contributed by atoms with Crippen molar-refractivity contribution in [2.24, 2.45) is 11.8 Å². The van der Waals surface area contributed by atoms with Crippen LogP contribution in [-0.2, 0) is 9.59 Å². The van der Waals surface area contributed by atoms with Crippen LogP contribution in [0.4, 0.5) is 11.4 Å². The van der Waals surface area contributed by atoms with Crippen molar-refractivity contribution in [2.75, 3.05) is 16.9 Å². The molecule has 0 aromatic heterocycles. The second-order valence-corrected chi connectivity index (χ2v) is 10.2. The first-order valence-corrected chi connectivity index (χ1v) is 12.6. The van der Waals surface area contributed by atoms with Gasteiger partial charge in [-0.3, -0.25) is 14.4 Å². The Labute approximate surface area is 217 Å². The van der Waals surface area contributed by atoms with Gasteiger partial charge in [0, 0.05) is 11.3 Å². The van der Waals surface area contributed by atoms with E-state index >= 15 is 0 Å². The number of benzene rings is 3. The second kappa shape index (κ2) is 8.45. The van der Waals surface area contributed by atoms with Gasteiger partial charge in [-0.15, -0.1) is 0 Å². The number of nitrogens with zero attached hydrogens (tertiary/aromatic N) is 2. The van der Waals surface area contributed by atoms with Gasteiger partial charge in [-0.2, -0.15) is 0 Å². The first kappa shape index (κ1) is 22.7. The summed E-state index contributed by atoms with van der Waals surface area (Å²) in [5, 5.41) is 0. The molecule has 0 saturated carbocycles. The molecule has 0 bridgehead atoms. The Balaban J connectivity index is 1.48. The van der Waals surface area contributed by atoms with E-state index in [0.717, 1.165) is 16.8 Å². The Morgan fingerprint density at radius 2 is 1.67 bits per heavy atom. The quantitative estimate of drug-likeness (QED) is 0.341. The number of ether oxygens (including phenoxy) is 1. The largest absolute Gasteiger partial charge is 0.496 e. The first-order valence-electron chi connectivity index (χ1n) is 11.8. The van der Waals surface area contributed by atoms with Crippen LogP contribution in [0.1, 0.15) is 21.5 Å². The predicted octanol–water partition coefficient (Wildman–Crippen LogP) is 5.04. The maximum absolute atomic E-state index is 14.1. The highest BCUT2D eigenvalue weighted by Gasteiger charge is 2.64. The van der Waals surface area contributed by atoms with E-state index in [1.165, 1.54) is 4.90 Å². The molecule has 0 unspecified atom stereocenters. The van der Waals surface area contributed by atoms with Gasteiger partial charge in [0.1, 0.15) is 11.8 Å². The molecule has 3 aromatic rings. The molecule has 3 aromatic carbocycles. The lowest BCUT2D eigenvalue weighted by Gasteiger charge is -2.36. The average Bonchev–Trinajstić information content (AvgIpc) is 3.37. The number of ketones is 1. The van der Waals surface area contributed by atoms with E-state index in [1.807, 2.05) is 60.4 Å². The molecule has 4 atom stereocenters. The molecule has 7 heteroatoms. The Morgan fingerprint density at radius 1 is 0.944 bits per heavy atom. The molecule has 3 heterocycles. The fourth-order valence-corrected chi connectivity index (χ4v) is 6.29. The first-order chi connectivity index (χ1) is 17.4. The minimum absolute atomic E-state index is 0.201. The molecule has 2 fully saturated rings. The predicted molar refractivity (Wildman–Crippen MR) is 141 cm³/mol. The standard InChI is InChI=1S/C29H23BrN2O4/c1-16-7-11-19(12-8-16)31-28(34)24-22-13-9-17-5-3-4-6-21(17)32(22)26(25(24)29(31)35)27(33)18-10-14-23(36-2)20(30)15-18/h3-15,22,24-26H,1-2H3/t22-,24-,25-,26+/m0/s1. The fraction of sp³-hybridized carbons (Fsp3) is 0.207. The highest BCUT2D eigenvalue weighted by atomic mass is 79.9. The lowest BCUT2D eigenvalue weighted by Crippen LogP contribution is -2.48. The monoisotopic (exact) mass is 542 g/mol. The third-order valence-corrected chi connectivity index (χ3v) is 8.03. The minimum Gasteiger partial charge on any atom is -0.496 e. The van der Waals surface area contributed by atoms with E-state index in [1.54, 1.807) is 37.4 Å². The highest BCUT2D eigenvalue weighted by molar-refractivity contribution is 9.10. The zero-order valence-electron chi connectivity index (χ0n) is 19.7. The van der Waals surface area contributed by atoms with E-state index in [-0.39, 0.29) is 17.6 Å². The summed E-state index contributed by atoms with van der Waals surface area (Å²) >= 11 is 3.47. The normalized spacial score (nSPS) is 24.0. The molecule has 6 rings (SSSR count). The molecule has 0 radical (unpaired) electrons. The molecule has 3 aliphatic rings. The SMILES string of the molecule is COc1ccc(C(=O)[C@H]2[C@H]3C(=O)N(c4ccc(C)cc4)C(=O)[C@H]3[C@@H]3C=Cc4ccccc4N32)cc1Br. The molecule has 36 heavy (non-hydrogen) atoms. The van der Waals surface area contributed by atoms with E-state index in [0.29, 0.717) is 21.5 Å². The van der Waals surface area contributed by atoms with Gasteiger partial charge in [-0.25, -0.2) is 4.90 Å². The highest BCUT2D eigenvalue weighted by Crippen LogP contribution is 2.50. The Morgan fingerprint density at radius 3 is 2.39 bits per heavy atom. The van der Waals surface area contributed by atoms with Crippen molar-refractivity contribution in [3.63, 3.8) is 0 Å². The number of Topliss-reactive ketones (excluding diaryl/α,β-unsaturated/α-hetero) is 1. The topological polar surface area (TPSA) is 66.9 Å². The van der Waals surface area contributed by atoms with Crippen molar-refractivity contribution in [2.45, 2.75) is 19.0 Å². The molecule has 0 spiro atoms. The summed E-state index contributed by atoms with van der Waals surface area (Å²) < 4.78 is 5.98. The summed E-state index contributed by atoms with van der Waals surface area (Å²) in [6.45, 7) is 1.95. The van der Waals surface area contributed by atoms with Crippen molar-refractivity contribution in [1.29, 1.82) is 0 Å². The molecule has 0 N–H and O–H groups in total. The van der Waals surface area contributed by atoms with E-state index in [4.69, 9.17) is 4.74 Å². The Bertz CT molecular complexity index is 1450. The number of rotatable bonds is 4. The third-order valence-electron chi connectivity index (χ3n) is 7.41. The van der Waals surface area contributed by atoms with Crippen molar-refractivity contribution < 1.29 is 19.1 Å². The van der Waals surface area contributed by atoms with Gasteiger partial charge in [-0.05, 0) is 64.8 Å². The van der Waals surface area contributed by atoms with Gasteiger partial charge >= 0.3 is 0 Å². The van der Waals surface area contributed by atoms with Crippen LogP contribution < -0.4 is 14.5 Å². The third kappa shape index (κ3) is 3.26. The number of anilines is 2. The zero-order chi connectivity index (χ0) is 25.1. The fourth-order valence-electron chi connectivity index (χ4n) is 5.75. The van der Waals surface area contributed by atoms with Gasteiger partial charge in [-0.1, -0.05) is 48.0 Å². The Kier molecular flexibility index (Phi) is 5.34. The number of fused-ring (bicyclic) bond motifs is 5. The molecule has 0 aliphatic carbocycles. The van der Waals surface area contributed by atoms with Gasteiger partial charge < -0.3 is 9.64 Å². The lowest BCUT2D eigenvalue weighted by atomic mass is 9.86. The number of amides is 2. The molecule has 2 saturated heterocycles. The number of para-hydroxylation sites is 1. The van der Waals surface area contributed by atoms with Crippen LogP contribution in [0.5, 0.6) is 5.75 Å². The number of hydrogen-bond donors (Lipinski definition) is 0. The van der Waals surface area contributed by atoms with Gasteiger partial charge in [0.05, 0.1) is 35.1 Å². The number of hydrogen-bond acceptors (Lipinski definition) is 5. The maximum Gasteiger partial charge on any atom is 0.240 e. The van der Waals surface area contributed by atoms with Crippen molar-refractivity contribution in [3.05, 3.63) is 94.0 Å². The summed E-state index contributed by atoms with van der Waals surface area (Å²) in [6.07, 6.45) is 3.94. The van der Waals surface area contributed by atoms with Crippen LogP contribution in [-0.4, -0.2) is 36.8 Å². The number of carbonyl (C=O) groups is 3. The van der Waals surface area contributed by atoms with Crippen molar-refractivity contribution in [3.8, 4) is 5.75 Å². The maximum atomic E-state index is 14.1. The lowest BCUT2D eigenvalue weighted by molar-refractivity contribution is -0.122. The van der Waals surface area contributed by atoms with Crippen LogP contribution in [0.2, 0.25) is 0 Å². The van der Waals surface area contributed by atoms with Crippen molar-refractivity contribution in [1.82, 2.24) is 0 Å². The minimum atomic E-state index is -0.821. The van der Waals surface area contributed by atoms with Crippen molar-refractivity contribution >= 4 is 51.0 Å². The number of carbonyl (C=O) groups excluding carboxylic acids is 3. The van der Waals surface area contributed by atoms with Crippen LogP contribution in [0.3, 0.4) is 0 Å². The van der Waals surface area contributed by atoms with Crippen LogP contribution in [0, 0.1) is 18.8 Å².